The summed E-state index contributed by atoms with van der Waals surface area (Å²) in [6, 6.07) is 0. The lowest BCUT2D eigenvalue weighted by Gasteiger charge is -2.40. The average molecular weight is 444 g/mol. The lowest BCUT2D eigenvalue weighted by atomic mass is 10.3. The molecule has 0 aromatic carbocycles. The van der Waals surface area contributed by atoms with Gasteiger partial charge < -0.3 is 19.8 Å². The van der Waals surface area contributed by atoms with Gasteiger partial charge in [-0.15, -0.1) is 5.92 Å². The highest BCUT2D eigenvalue weighted by atomic mass is 19.4. The number of hydrogen-bond donors (Lipinski definition) is 1. The van der Waals surface area contributed by atoms with Crippen LogP contribution in [0.15, 0.2) is 11.0 Å². The number of anilines is 2. The number of hydrogen-bond acceptors (Lipinski definition) is 9. The SMILES string of the molecule is CC#CCN1c2c(cnn(CCOC)c2=O)N(OC(=O)C(F)(F)F)C1N1CCNCC1. The second kappa shape index (κ2) is 9.54. The lowest BCUT2D eigenvalue weighted by molar-refractivity contribution is -0.203. The highest BCUT2D eigenvalue weighted by Gasteiger charge is 2.49. The number of rotatable bonds is 6. The van der Waals surface area contributed by atoms with Crippen LogP contribution in [0.25, 0.3) is 0 Å². The third-order valence-electron chi connectivity index (χ3n) is 4.84. The fourth-order valence-electron chi connectivity index (χ4n) is 3.43. The van der Waals surface area contributed by atoms with Crippen molar-refractivity contribution in [2.45, 2.75) is 25.9 Å². The minimum absolute atomic E-state index is 0.0299. The van der Waals surface area contributed by atoms with Crippen molar-refractivity contribution in [3.05, 3.63) is 16.6 Å². The van der Waals surface area contributed by atoms with Crippen molar-refractivity contribution < 1.29 is 27.5 Å². The second-order valence-corrected chi connectivity index (χ2v) is 6.79. The van der Waals surface area contributed by atoms with Crippen LogP contribution in [0.2, 0.25) is 0 Å². The maximum Gasteiger partial charge on any atom is 0.493 e. The first-order chi connectivity index (χ1) is 14.8. The Morgan fingerprint density at radius 3 is 2.68 bits per heavy atom. The quantitative estimate of drug-likeness (QED) is 0.597. The number of carbonyl (C=O) groups excluding carboxylic acids is 1. The Labute approximate surface area is 176 Å². The number of nitrogens with zero attached hydrogens (tertiary/aromatic N) is 5. The maximum absolute atomic E-state index is 13.1. The first-order valence-corrected chi connectivity index (χ1v) is 9.58. The number of hydroxylamine groups is 1. The molecule has 1 atom stereocenters. The van der Waals surface area contributed by atoms with E-state index in [1.807, 2.05) is 4.90 Å². The van der Waals surface area contributed by atoms with Gasteiger partial charge in [0.2, 0.25) is 0 Å². The Balaban J connectivity index is 2.10. The molecule has 3 heterocycles. The third-order valence-corrected chi connectivity index (χ3v) is 4.84. The number of piperazine rings is 1. The smallest absolute Gasteiger partial charge is 0.383 e. The summed E-state index contributed by atoms with van der Waals surface area (Å²) in [4.78, 5) is 32.9. The summed E-state index contributed by atoms with van der Waals surface area (Å²) in [5, 5.41) is 7.98. The molecule has 0 saturated carbocycles. The molecule has 1 fully saturated rings. The van der Waals surface area contributed by atoms with Gasteiger partial charge in [-0.3, -0.25) is 9.69 Å². The number of fused-ring (bicyclic) bond motifs is 1. The topological polar surface area (TPSA) is 92.2 Å². The van der Waals surface area contributed by atoms with Crippen LogP contribution in [0, 0.1) is 11.8 Å². The van der Waals surface area contributed by atoms with Gasteiger partial charge in [-0.2, -0.15) is 23.3 Å². The first kappa shape index (κ1) is 22.9. The van der Waals surface area contributed by atoms with Gasteiger partial charge in [-0.25, -0.2) is 9.48 Å². The Morgan fingerprint density at radius 2 is 2.06 bits per heavy atom. The molecular formula is C18H23F3N6O4. The fourth-order valence-corrected chi connectivity index (χ4v) is 3.43. The van der Waals surface area contributed by atoms with E-state index in [0.717, 1.165) is 9.75 Å². The summed E-state index contributed by atoms with van der Waals surface area (Å²) in [7, 11) is 1.47. The molecule has 1 aromatic heterocycles. The Kier molecular flexibility index (Phi) is 7.04. The number of alkyl halides is 3. The number of aromatic nitrogens is 2. The zero-order valence-electron chi connectivity index (χ0n) is 17.1. The molecule has 0 spiro atoms. The van der Waals surface area contributed by atoms with Crippen LogP contribution in [-0.4, -0.2) is 79.6 Å². The number of halogens is 3. The van der Waals surface area contributed by atoms with E-state index in [9.17, 15) is 22.8 Å². The van der Waals surface area contributed by atoms with Crippen LogP contribution in [0.1, 0.15) is 6.92 Å². The van der Waals surface area contributed by atoms with Gasteiger partial charge in [-0.05, 0) is 6.92 Å². The van der Waals surface area contributed by atoms with Gasteiger partial charge in [-0.1, -0.05) is 5.92 Å². The molecule has 1 unspecified atom stereocenters. The summed E-state index contributed by atoms with van der Waals surface area (Å²) in [6.07, 6.45) is -4.96. The Hall–Kier alpha value is -2.82. The fraction of sp³-hybridized carbons (Fsp3) is 0.611. The summed E-state index contributed by atoms with van der Waals surface area (Å²) >= 11 is 0. The van der Waals surface area contributed by atoms with E-state index in [-0.39, 0.29) is 31.1 Å². The van der Waals surface area contributed by atoms with Gasteiger partial charge in [0.25, 0.3) is 5.56 Å². The monoisotopic (exact) mass is 444 g/mol. The lowest BCUT2D eigenvalue weighted by Crippen LogP contribution is -2.61. The minimum Gasteiger partial charge on any atom is -0.383 e. The van der Waals surface area contributed by atoms with Crippen LogP contribution >= 0.6 is 0 Å². The molecular weight excluding hydrogens is 421 g/mol. The Bertz CT molecular complexity index is 920. The molecule has 2 aliphatic rings. The van der Waals surface area contributed by atoms with Gasteiger partial charge in [0, 0.05) is 33.3 Å². The van der Waals surface area contributed by atoms with Crippen LogP contribution in [0.5, 0.6) is 0 Å². The number of methoxy groups -OCH3 is 1. The van der Waals surface area contributed by atoms with Crippen molar-refractivity contribution in [1.82, 2.24) is 20.0 Å². The number of nitrogens with one attached hydrogen (secondary N) is 1. The van der Waals surface area contributed by atoms with E-state index >= 15 is 0 Å². The molecule has 0 aliphatic carbocycles. The Morgan fingerprint density at radius 1 is 1.35 bits per heavy atom. The molecule has 31 heavy (non-hydrogen) atoms. The van der Waals surface area contributed by atoms with Crippen LogP contribution < -0.4 is 20.8 Å². The molecule has 0 radical (unpaired) electrons. The largest absolute Gasteiger partial charge is 0.493 e. The predicted molar refractivity (Wildman–Crippen MR) is 104 cm³/mol. The van der Waals surface area contributed by atoms with Gasteiger partial charge in [0.05, 0.1) is 25.9 Å². The summed E-state index contributed by atoms with van der Waals surface area (Å²) in [6.45, 7) is 4.10. The zero-order valence-corrected chi connectivity index (χ0v) is 17.1. The normalized spacial score (nSPS) is 19.1. The molecule has 2 aliphatic heterocycles. The van der Waals surface area contributed by atoms with Gasteiger partial charge >= 0.3 is 12.1 Å². The molecule has 0 bridgehead atoms. The van der Waals surface area contributed by atoms with E-state index in [0.29, 0.717) is 26.2 Å². The van der Waals surface area contributed by atoms with Gasteiger partial charge in [0.1, 0.15) is 11.4 Å². The third kappa shape index (κ3) is 4.76. The van der Waals surface area contributed by atoms with E-state index in [1.165, 1.54) is 18.2 Å². The summed E-state index contributed by atoms with van der Waals surface area (Å²) in [5.74, 6) is 3.19. The summed E-state index contributed by atoms with van der Waals surface area (Å²) < 4.78 is 45.1. The van der Waals surface area contributed by atoms with Crippen molar-refractivity contribution in [3.63, 3.8) is 0 Å². The van der Waals surface area contributed by atoms with E-state index in [1.54, 1.807) is 6.92 Å². The standard InChI is InChI=1S/C18H23F3N6O4/c1-3-4-7-25-14-13(12-23-26(15(14)28)10-11-30-2)27(31-16(29)18(19,20)21)17(25)24-8-5-22-6-9-24/h12,17,22H,5-11H2,1-2H3. The highest BCUT2D eigenvalue weighted by Crippen LogP contribution is 2.38. The van der Waals surface area contributed by atoms with E-state index in [2.05, 4.69) is 22.3 Å². The average Bonchev–Trinajstić information content (AvgIpc) is 3.05. The summed E-state index contributed by atoms with van der Waals surface area (Å²) in [5.41, 5.74) is -0.511. The van der Waals surface area contributed by atoms with Crippen molar-refractivity contribution in [3.8, 4) is 11.8 Å². The molecule has 1 saturated heterocycles. The number of ether oxygens (including phenoxy) is 1. The van der Waals surface area contributed by atoms with Crippen molar-refractivity contribution >= 4 is 17.3 Å². The molecule has 3 rings (SSSR count). The highest BCUT2D eigenvalue weighted by molar-refractivity contribution is 5.81. The van der Waals surface area contributed by atoms with Gasteiger partial charge in [0.15, 0.2) is 6.29 Å². The molecule has 1 aromatic rings. The minimum atomic E-state index is -5.20. The van der Waals surface area contributed by atoms with Crippen LogP contribution in [0.4, 0.5) is 24.5 Å². The van der Waals surface area contributed by atoms with Crippen LogP contribution in [0.3, 0.4) is 0 Å². The number of carbonyl (C=O) groups is 1. The maximum atomic E-state index is 13.1. The molecule has 0 amide bonds. The first-order valence-electron chi connectivity index (χ1n) is 9.58. The zero-order chi connectivity index (χ0) is 22.6. The second-order valence-electron chi connectivity index (χ2n) is 6.79. The van der Waals surface area contributed by atoms with E-state index in [4.69, 9.17) is 9.57 Å². The molecule has 1 N–H and O–H groups in total. The van der Waals surface area contributed by atoms with Crippen LogP contribution in [-0.2, 0) is 20.9 Å². The molecule has 13 heteroatoms. The van der Waals surface area contributed by atoms with Crippen molar-refractivity contribution in [2.24, 2.45) is 0 Å². The van der Waals surface area contributed by atoms with E-state index < -0.39 is 24.0 Å². The predicted octanol–water partition coefficient (Wildman–Crippen LogP) is -0.251. The molecule has 170 valence electrons. The van der Waals surface area contributed by atoms with Crippen molar-refractivity contribution in [2.75, 3.05) is 56.4 Å². The molecule has 10 nitrogen and oxygen atoms in total. The van der Waals surface area contributed by atoms with Crippen molar-refractivity contribution in [1.29, 1.82) is 0 Å².